The summed E-state index contributed by atoms with van der Waals surface area (Å²) in [5.41, 5.74) is 5.51. The van der Waals surface area contributed by atoms with Crippen molar-refractivity contribution in [2.24, 2.45) is 11.7 Å². The Labute approximate surface area is 90.8 Å². The Morgan fingerprint density at radius 1 is 1.64 bits per heavy atom. The first-order valence-electron chi connectivity index (χ1n) is 4.73. The number of hydrogen-bond acceptors (Lipinski definition) is 3. The van der Waals surface area contributed by atoms with Gasteiger partial charge in [0.25, 0.3) is 0 Å². The first-order chi connectivity index (χ1) is 6.51. The largest absolute Gasteiger partial charge is 0.393 e. The molecule has 0 aliphatic rings. The molecule has 1 unspecified atom stereocenters. The van der Waals surface area contributed by atoms with Crippen LogP contribution in [0.1, 0.15) is 13.8 Å². The van der Waals surface area contributed by atoms with E-state index in [0.29, 0.717) is 11.5 Å². The van der Waals surface area contributed by atoms with Crippen LogP contribution in [0, 0.1) is 5.92 Å². The lowest BCUT2D eigenvalue weighted by Crippen LogP contribution is -2.40. The number of amides is 1. The Kier molecular flexibility index (Phi) is 6.40. The molecule has 0 spiro atoms. The molecule has 1 atom stereocenters. The third-order valence-corrected chi connectivity index (χ3v) is 2.51. The highest BCUT2D eigenvalue weighted by atomic mass is 32.1. The van der Waals surface area contributed by atoms with E-state index in [1.807, 2.05) is 18.7 Å². The molecule has 0 aromatic heterocycles. The number of carbonyl (C=O) groups is 1. The fourth-order valence-electron chi connectivity index (χ4n) is 1.06. The van der Waals surface area contributed by atoms with E-state index < -0.39 is 0 Å². The maximum atomic E-state index is 11.1. The van der Waals surface area contributed by atoms with Crippen molar-refractivity contribution < 1.29 is 4.79 Å². The maximum Gasteiger partial charge on any atom is 0.233 e. The van der Waals surface area contributed by atoms with Gasteiger partial charge in [-0.15, -0.1) is 0 Å². The summed E-state index contributed by atoms with van der Waals surface area (Å²) in [6.07, 6.45) is 0. The van der Waals surface area contributed by atoms with Gasteiger partial charge in [-0.05, 0) is 6.54 Å². The molecule has 0 saturated heterocycles. The fraction of sp³-hybridized carbons (Fsp3) is 0.778. The molecular formula is C9H19N3OS. The number of nitrogens with two attached hydrogens (primary N) is 1. The minimum atomic E-state index is 0.0157. The van der Waals surface area contributed by atoms with Gasteiger partial charge in [0, 0.05) is 19.5 Å². The van der Waals surface area contributed by atoms with Gasteiger partial charge < -0.3 is 11.1 Å². The van der Waals surface area contributed by atoms with E-state index in [0.717, 1.165) is 13.1 Å². The minimum absolute atomic E-state index is 0.0157. The Morgan fingerprint density at radius 3 is 2.57 bits per heavy atom. The zero-order valence-electron chi connectivity index (χ0n) is 9.04. The molecule has 14 heavy (non-hydrogen) atoms. The van der Waals surface area contributed by atoms with Gasteiger partial charge in [-0.1, -0.05) is 26.1 Å². The van der Waals surface area contributed by atoms with Crippen molar-refractivity contribution in [1.29, 1.82) is 0 Å². The summed E-state index contributed by atoms with van der Waals surface area (Å²) < 4.78 is 0. The van der Waals surface area contributed by atoms with Crippen LogP contribution in [0.3, 0.4) is 0 Å². The molecule has 82 valence electrons. The number of nitrogens with zero attached hydrogens (tertiary/aromatic N) is 1. The highest BCUT2D eigenvalue weighted by Gasteiger charge is 2.12. The Bertz CT molecular complexity index is 208. The molecule has 0 fully saturated rings. The van der Waals surface area contributed by atoms with Crippen molar-refractivity contribution in [3.8, 4) is 0 Å². The van der Waals surface area contributed by atoms with Gasteiger partial charge in [0.2, 0.25) is 5.91 Å². The monoisotopic (exact) mass is 217 g/mol. The molecule has 4 nitrogen and oxygen atoms in total. The van der Waals surface area contributed by atoms with Gasteiger partial charge in [-0.25, -0.2) is 0 Å². The van der Waals surface area contributed by atoms with Crippen LogP contribution in [-0.4, -0.2) is 42.5 Å². The zero-order chi connectivity index (χ0) is 11.1. The van der Waals surface area contributed by atoms with Crippen LogP contribution in [0.2, 0.25) is 0 Å². The number of thiocarbonyl (C=S) groups is 1. The third kappa shape index (κ3) is 5.14. The third-order valence-electron chi connectivity index (χ3n) is 2.11. The predicted molar refractivity (Wildman–Crippen MR) is 62.1 cm³/mol. The van der Waals surface area contributed by atoms with Crippen molar-refractivity contribution in [3.05, 3.63) is 0 Å². The van der Waals surface area contributed by atoms with E-state index in [2.05, 4.69) is 5.32 Å². The van der Waals surface area contributed by atoms with Crippen LogP contribution in [0.4, 0.5) is 0 Å². The average Bonchev–Trinajstić information content (AvgIpc) is 2.16. The average molecular weight is 217 g/mol. The first-order valence-corrected chi connectivity index (χ1v) is 5.14. The van der Waals surface area contributed by atoms with Gasteiger partial charge in [-0.3, -0.25) is 9.69 Å². The van der Waals surface area contributed by atoms with E-state index in [9.17, 15) is 4.79 Å². The van der Waals surface area contributed by atoms with E-state index in [1.54, 1.807) is 7.05 Å². The molecule has 0 bridgehead atoms. The standard InChI is InChI=1S/C9H19N3OS/c1-4-12(6-8(13)11-3)5-7(2)9(10)14/h7H,4-6H2,1-3H3,(H2,10,14)(H,11,13). The lowest BCUT2D eigenvalue weighted by atomic mass is 10.1. The summed E-state index contributed by atoms with van der Waals surface area (Å²) in [7, 11) is 1.63. The smallest absolute Gasteiger partial charge is 0.233 e. The summed E-state index contributed by atoms with van der Waals surface area (Å²) in [6, 6.07) is 0. The second-order valence-corrected chi connectivity index (χ2v) is 3.78. The predicted octanol–water partition coefficient (Wildman–Crippen LogP) is -0.0235. The molecule has 0 aromatic rings. The number of likely N-dealkylation sites (N-methyl/N-ethyl adjacent to an activating group) is 2. The van der Waals surface area contributed by atoms with Crippen molar-refractivity contribution in [3.63, 3.8) is 0 Å². The second-order valence-electron chi connectivity index (χ2n) is 3.30. The summed E-state index contributed by atoms with van der Waals surface area (Å²) >= 11 is 4.88. The molecule has 1 amide bonds. The summed E-state index contributed by atoms with van der Waals surface area (Å²) in [5.74, 6) is 0.164. The van der Waals surface area contributed by atoms with Gasteiger partial charge >= 0.3 is 0 Å². The van der Waals surface area contributed by atoms with Crippen molar-refractivity contribution in [2.75, 3.05) is 26.7 Å². The fourth-order valence-corrected chi connectivity index (χ4v) is 1.14. The highest BCUT2D eigenvalue weighted by molar-refractivity contribution is 7.80. The van der Waals surface area contributed by atoms with Gasteiger partial charge in [0.05, 0.1) is 11.5 Å². The highest BCUT2D eigenvalue weighted by Crippen LogP contribution is 1.99. The molecule has 0 rings (SSSR count). The number of rotatable bonds is 6. The second kappa shape index (κ2) is 6.73. The lowest BCUT2D eigenvalue weighted by molar-refractivity contribution is -0.121. The summed E-state index contributed by atoms with van der Waals surface area (Å²) in [4.78, 5) is 13.6. The van der Waals surface area contributed by atoms with E-state index in [-0.39, 0.29) is 11.8 Å². The van der Waals surface area contributed by atoms with Crippen molar-refractivity contribution >= 4 is 23.1 Å². The van der Waals surface area contributed by atoms with Crippen LogP contribution < -0.4 is 11.1 Å². The number of hydrogen-bond donors (Lipinski definition) is 2. The summed E-state index contributed by atoms with van der Waals surface area (Å²) in [6.45, 7) is 5.93. The summed E-state index contributed by atoms with van der Waals surface area (Å²) in [5, 5.41) is 2.59. The van der Waals surface area contributed by atoms with E-state index in [1.165, 1.54) is 0 Å². The molecule has 0 saturated carbocycles. The maximum absolute atomic E-state index is 11.1. The molecule has 3 N–H and O–H groups in total. The molecular weight excluding hydrogens is 198 g/mol. The van der Waals surface area contributed by atoms with Crippen LogP contribution in [0.15, 0.2) is 0 Å². The molecule has 0 aliphatic heterocycles. The quantitative estimate of drug-likeness (QED) is 0.614. The Balaban J connectivity index is 4.02. The molecule has 0 aromatic carbocycles. The minimum Gasteiger partial charge on any atom is -0.393 e. The van der Waals surface area contributed by atoms with Crippen LogP contribution in [0.25, 0.3) is 0 Å². The Hall–Kier alpha value is -0.680. The topological polar surface area (TPSA) is 58.4 Å². The number of nitrogens with one attached hydrogen (secondary N) is 1. The normalized spacial score (nSPS) is 12.6. The SMILES string of the molecule is CCN(CC(=O)NC)CC(C)C(N)=S. The van der Waals surface area contributed by atoms with Gasteiger partial charge in [-0.2, -0.15) is 0 Å². The lowest BCUT2D eigenvalue weighted by Gasteiger charge is -2.22. The van der Waals surface area contributed by atoms with Gasteiger partial charge in [0.15, 0.2) is 0 Å². The molecule has 0 radical (unpaired) electrons. The van der Waals surface area contributed by atoms with E-state index >= 15 is 0 Å². The van der Waals surface area contributed by atoms with Gasteiger partial charge in [0.1, 0.15) is 0 Å². The van der Waals surface area contributed by atoms with Crippen LogP contribution in [0.5, 0.6) is 0 Å². The first kappa shape index (κ1) is 13.3. The van der Waals surface area contributed by atoms with Crippen molar-refractivity contribution in [2.45, 2.75) is 13.8 Å². The van der Waals surface area contributed by atoms with Crippen LogP contribution in [-0.2, 0) is 4.79 Å². The zero-order valence-corrected chi connectivity index (χ0v) is 9.86. The number of carbonyl (C=O) groups excluding carboxylic acids is 1. The molecule has 0 aliphatic carbocycles. The van der Waals surface area contributed by atoms with E-state index in [4.69, 9.17) is 18.0 Å². The Morgan fingerprint density at radius 2 is 2.21 bits per heavy atom. The van der Waals surface area contributed by atoms with Crippen LogP contribution >= 0.6 is 12.2 Å². The van der Waals surface area contributed by atoms with Crippen molar-refractivity contribution in [1.82, 2.24) is 10.2 Å². The molecule has 0 heterocycles. The molecule has 5 heteroatoms.